The van der Waals surface area contributed by atoms with Crippen LogP contribution >= 0.6 is 0 Å². The molecule has 5 nitrogen and oxygen atoms in total. The molecule has 4 rings (SSSR count). The summed E-state index contributed by atoms with van der Waals surface area (Å²) < 4.78 is 10.8. The molecule has 1 N–H and O–H groups in total. The molecule has 0 unspecified atom stereocenters. The first-order chi connectivity index (χ1) is 12.3. The number of carbonyl (C=O) groups excluding carboxylic acids is 1. The van der Waals surface area contributed by atoms with Crippen LogP contribution in [0.3, 0.4) is 0 Å². The van der Waals surface area contributed by atoms with Crippen molar-refractivity contribution in [1.29, 1.82) is 0 Å². The standard InChI is InChI=1S/C20H28N2O3/c23-20(13-16-4-2-1-3-5-16)22-10-8-21(9-11-22)14-17-6-7-18-19(12-17)25-15-24-18/h6-7,12,16H,1-5,8-11,13-15H2/p+1. The number of hydrogen-bond donors (Lipinski definition) is 1. The summed E-state index contributed by atoms with van der Waals surface area (Å²) in [6.07, 6.45) is 7.25. The van der Waals surface area contributed by atoms with E-state index in [0.29, 0.717) is 18.6 Å². The molecule has 1 aromatic rings. The predicted molar refractivity (Wildman–Crippen MR) is 94.7 cm³/mol. The molecule has 1 aliphatic carbocycles. The Balaban J connectivity index is 1.24. The maximum atomic E-state index is 12.5. The number of nitrogens with one attached hydrogen (secondary N) is 1. The van der Waals surface area contributed by atoms with E-state index in [0.717, 1.165) is 50.6 Å². The third-order valence-corrected chi connectivity index (χ3v) is 5.90. The predicted octanol–water partition coefficient (Wildman–Crippen LogP) is 1.61. The lowest BCUT2D eigenvalue weighted by atomic mass is 9.86. The fourth-order valence-electron chi connectivity index (χ4n) is 4.36. The van der Waals surface area contributed by atoms with Gasteiger partial charge in [-0.05, 0) is 37.0 Å². The number of carbonyl (C=O) groups is 1. The fraction of sp³-hybridized carbons (Fsp3) is 0.650. The molecule has 1 amide bonds. The van der Waals surface area contributed by atoms with Crippen molar-refractivity contribution in [2.75, 3.05) is 33.0 Å². The number of hydrogen-bond acceptors (Lipinski definition) is 3. The molecule has 5 heteroatoms. The molecule has 0 aromatic heterocycles. The highest BCUT2D eigenvalue weighted by Gasteiger charge is 2.26. The summed E-state index contributed by atoms with van der Waals surface area (Å²) in [4.78, 5) is 16.2. The molecule has 1 aromatic carbocycles. The first-order valence-electron chi connectivity index (χ1n) is 9.78. The summed E-state index contributed by atoms with van der Waals surface area (Å²) in [7, 11) is 0. The normalized spacial score (nSPS) is 21.5. The molecule has 1 saturated carbocycles. The molecule has 0 radical (unpaired) electrons. The van der Waals surface area contributed by atoms with Crippen molar-refractivity contribution in [3.63, 3.8) is 0 Å². The minimum absolute atomic E-state index is 0.327. The summed E-state index contributed by atoms with van der Waals surface area (Å²) >= 11 is 0. The van der Waals surface area contributed by atoms with Crippen molar-refractivity contribution in [1.82, 2.24) is 4.90 Å². The number of rotatable bonds is 4. The first kappa shape index (κ1) is 16.7. The number of fused-ring (bicyclic) bond motifs is 1. The Labute approximate surface area is 149 Å². The van der Waals surface area contributed by atoms with Gasteiger partial charge in [-0.3, -0.25) is 4.79 Å². The Hall–Kier alpha value is -1.75. The van der Waals surface area contributed by atoms with Gasteiger partial charge in [-0.25, -0.2) is 0 Å². The molecule has 2 heterocycles. The van der Waals surface area contributed by atoms with Crippen molar-refractivity contribution >= 4 is 5.91 Å². The van der Waals surface area contributed by atoms with Gasteiger partial charge in [-0.2, -0.15) is 0 Å². The van der Waals surface area contributed by atoms with Gasteiger partial charge in [0.1, 0.15) is 6.54 Å². The second-order valence-electron chi connectivity index (χ2n) is 7.70. The van der Waals surface area contributed by atoms with Gasteiger partial charge in [-0.1, -0.05) is 19.3 Å². The lowest BCUT2D eigenvalue weighted by Crippen LogP contribution is -3.13. The molecule has 2 fully saturated rings. The van der Waals surface area contributed by atoms with Crippen LogP contribution in [-0.2, 0) is 11.3 Å². The molecule has 0 bridgehead atoms. The highest BCUT2D eigenvalue weighted by molar-refractivity contribution is 5.76. The molecule has 3 aliphatic rings. The number of amides is 1. The Morgan fingerprint density at radius 2 is 1.84 bits per heavy atom. The van der Waals surface area contributed by atoms with Crippen molar-refractivity contribution in [3.8, 4) is 11.5 Å². The lowest BCUT2D eigenvalue weighted by molar-refractivity contribution is -0.917. The smallest absolute Gasteiger partial charge is 0.231 e. The molecule has 0 atom stereocenters. The Bertz CT molecular complexity index is 605. The van der Waals surface area contributed by atoms with E-state index in [4.69, 9.17) is 9.47 Å². The topological polar surface area (TPSA) is 43.2 Å². The second kappa shape index (κ2) is 7.65. The number of ether oxygens (including phenoxy) is 2. The Kier molecular flexibility index (Phi) is 5.11. The highest BCUT2D eigenvalue weighted by atomic mass is 16.7. The van der Waals surface area contributed by atoms with Crippen molar-refractivity contribution in [2.24, 2.45) is 5.92 Å². The lowest BCUT2D eigenvalue weighted by Gasteiger charge is -2.33. The van der Waals surface area contributed by atoms with Crippen LogP contribution in [-0.4, -0.2) is 43.8 Å². The van der Waals surface area contributed by atoms with E-state index < -0.39 is 0 Å². The third-order valence-electron chi connectivity index (χ3n) is 5.90. The molecular formula is C20H29N2O3+. The van der Waals surface area contributed by atoms with Crippen LogP contribution in [0.15, 0.2) is 18.2 Å². The fourth-order valence-corrected chi connectivity index (χ4v) is 4.36. The van der Waals surface area contributed by atoms with E-state index in [9.17, 15) is 4.79 Å². The zero-order valence-electron chi connectivity index (χ0n) is 15.0. The zero-order chi connectivity index (χ0) is 17.1. The van der Waals surface area contributed by atoms with E-state index in [1.54, 1.807) is 4.90 Å². The Morgan fingerprint density at radius 3 is 2.64 bits per heavy atom. The van der Waals surface area contributed by atoms with Gasteiger partial charge in [0.25, 0.3) is 0 Å². The van der Waals surface area contributed by atoms with Crippen LogP contribution < -0.4 is 14.4 Å². The number of quaternary nitrogens is 1. The second-order valence-corrected chi connectivity index (χ2v) is 7.70. The van der Waals surface area contributed by atoms with Crippen LogP contribution in [0, 0.1) is 5.92 Å². The number of benzene rings is 1. The largest absolute Gasteiger partial charge is 0.454 e. The maximum Gasteiger partial charge on any atom is 0.231 e. The van der Waals surface area contributed by atoms with Gasteiger partial charge < -0.3 is 19.3 Å². The van der Waals surface area contributed by atoms with Gasteiger partial charge in [0.2, 0.25) is 12.7 Å². The summed E-state index contributed by atoms with van der Waals surface area (Å²) in [5, 5.41) is 0. The molecule has 136 valence electrons. The molecule has 0 spiro atoms. The SMILES string of the molecule is O=C(CC1CCCCC1)N1CC[NH+](Cc2ccc3c(c2)OCO3)CC1. The van der Waals surface area contributed by atoms with Gasteiger partial charge >= 0.3 is 0 Å². The minimum Gasteiger partial charge on any atom is -0.454 e. The summed E-state index contributed by atoms with van der Waals surface area (Å²) in [5.74, 6) is 2.73. The van der Waals surface area contributed by atoms with E-state index in [2.05, 4.69) is 17.0 Å². The van der Waals surface area contributed by atoms with Gasteiger partial charge in [0, 0.05) is 12.0 Å². The monoisotopic (exact) mass is 345 g/mol. The molecular weight excluding hydrogens is 316 g/mol. The molecule has 1 saturated heterocycles. The minimum atomic E-state index is 0.327. The summed E-state index contributed by atoms with van der Waals surface area (Å²) in [6.45, 7) is 5.17. The van der Waals surface area contributed by atoms with Gasteiger partial charge in [0.15, 0.2) is 11.5 Å². The molecule has 2 aliphatic heterocycles. The van der Waals surface area contributed by atoms with Crippen LogP contribution in [0.25, 0.3) is 0 Å². The van der Waals surface area contributed by atoms with Crippen molar-refractivity contribution in [3.05, 3.63) is 23.8 Å². The van der Waals surface area contributed by atoms with Crippen LogP contribution in [0.1, 0.15) is 44.1 Å². The van der Waals surface area contributed by atoms with Crippen LogP contribution in [0.5, 0.6) is 11.5 Å². The van der Waals surface area contributed by atoms with Gasteiger partial charge in [-0.15, -0.1) is 0 Å². The van der Waals surface area contributed by atoms with Crippen LogP contribution in [0.4, 0.5) is 0 Å². The highest BCUT2D eigenvalue weighted by Crippen LogP contribution is 2.32. The quantitative estimate of drug-likeness (QED) is 0.902. The van der Waals surface area contributed by atoms with Crippen LogP contribution in [0.2, 0.25) is 0 Å². The van der Waals surface area contributed by atoms with E-state index in [-0.39, 0.29) is 0 Å². The third kappa shape index (κ3) is 4.09. The molecule has 25 heavy (non-hydrogen) atoms. The average molecular weight is 345 g/mol. The Morgan fingerprint density at radius 1 is 1.08 bits per heavy atom. The van der Waals surface area contributed by atoms with Crippen molar-refractivity contribution in [2.45, 2.75) is 45.1 Å². The average Bonchev–Trinajstić information content (AvgIpc) is 3.11. The van der Waals surface area contributed by atoms with Crippen molar-refractivity contribution < 1.29 is 19.2 Å². The summed E-state index contributed by atoms with van der Waals surface area (Å²) in [5.41, 5.74) is 1.28. The number of nitrogens with zero attached hydrogens (tertiary/aromatic N) is 1. The van der Waals surface area contributed by atoms with E-state index in [1.165, 1.54) is 37.7 Å². The maximum absolute atomic E-state index is 12.5. The van der Waals surface area contributed by atoms with E-state index >= 15 is 0 Å². The van der Waals surface area contributed by atoms with Gasteiger partial charge in [0.05, 0.1) is 26.2 Å². The zero-order valence-corrected chi connectivity index (χ0v) is 15.0. The number of piperazine rings is 1. The van der Waals surface area contributed by atoms with E-state index in [1.807, 2.05) is 6.07 Å². The first-order valence-corrected chi connectivity index (χ1v) is 9.78. The summed E-state index contributed by atoms with van der Waals surface area (Å²) in [6, 6.07) is 6.22.